The van der Waals surface area contributed by atoms with E-state index in [4.69, 9.17) is 9.26 Å². The predicted molar refractivity (Wildman–Crippen MR) is 338 cm³/mol. The van der Waals surface area contributed by atoms with Crippen molar-refractivity contribution < 1.29 is 4.42 Å². The Kier molecular flexibility index (Phi) is 9.21. The highest BCUT2D eigenvalue weighted by atomic mass is 32.1. The third-order valence-electron chi connectivity index (χ3n) is 17.2. The molecule has 17 rings (SSSR count). The van der Waals surface area contributed by atoms with Gasteiger partial charge >= 0.3 is 0 Å². The first-order valence-corrected chi connectivity index (χ1v) is 28.2. The molecule has 0 saturated carbocycles. The minimum absolute atomic E-state index is 0.179. The van der Waals surface area contributed by atoms with Crippen LogP contribution in [0.2, 0.25) is 0 Å². The summed E-state index contributed by atoms with van der Waals surface area (Å²) in [5.74, 6) is 0. The second-order valence-corrected chi connectivity index (χ2v) is 23.7. The first-order valence-electron chi connectivity index (χ1n) is 27.4. The van der Waals surface area contributed by atoms with E-state index >= 15 is 0 Å². The van der Waals surface area contributed by atoms with Crippen LogP contribution in [0.1, 0.15) is 37.5 Å². The molecule has 11 aromatic carbocycles. The van der Waals surface area contributed by atoms with Crippen LogP contribution in [-0.2, 0) is 5.41 Å². The van der Waals surface area contributed by atoms with Gasteiger partial charge in [0.05, 0.1) is 83.7 Å². The molecular formula is C73H46N6OS. The van der Waals surface area contributed by atoms with Gasteiger partial charge in [-0.2, -0.15) is 5.26 Å². The van der Waals surface area contributed by atoms with Crippen LogP contribution in [0, 0.1) is 24.8 Å². The minimum Gasteiger partial charge on any atom is -0.454 e. The quantitative estimate of drug-likeness (QED) is 0.165. The standard InChI is InChI=1S/C73H46N6OS/c1-41-30-36-60-53(38-41)50-33-35-52-48-23-11-17-29-63(48)81-72(52)68(50)78(60)65-55(40-74)66(76-56-24-12-6-18-43(56)44-19-7-13-25-57(44)76)70(69(64(65)75-5)77-58-26-14-8-20-45(58)46-21-9-15-27-59(46)77)79-61-37-31-42(73(2,3)4)39-54(61)49-32-34-51-47-22-10-16-28-62(47)80-71(51)67(49)79/h6-39H,1-4H3. The molecule has 0 amide bonds. The fourth-order valence-electron chi connectivity index (χ4n) is 13.7. The van der Waals surface area contributed by atoms with Gasteiger partial charge in [0.1, 0.15) is 11.7 Å². The van der Waals surface area contributed by atoms with Crippen LogP contribution >= 0.6 is 11.3 Å². The number of thiophene rings is 1. The van der Waals surface area contributed by atoms with Crippen LogP contribution in [0.5, 0.6) is 0 Å². The Morgan fingerprint density at radius 1 is 0.444 bits per heavy atom. The summed E-state index contributed by atoms with van der Waals surface area (Å²) in [7, 11) is 0. The minimum atomic E-state index is -0.179. The van der Waals surface area contributed by atoms with Gasteiger partial charge in [-0.15, -0.1) is 11.3 Å². The molecule has 7 nitrogen and oxygen atoms in total. The highest BCUT2D eigenvalue weighted by Crippen LogP contribution is 2.54. The zero-order valence-electron chi connectivity index (χ0n) is 44.6. The van der Waals surface area contributed by atoms with E-state index in [1.54, 1.807) is 11.3 Å². The molecule has 17 aromatic rings. The molecule has 0 aliphatic heterocycles. The van der Waals surface area contributed by atoms with Crippen LogP contribution < -0.4 is 0 Å². The lowest BCUT2D eigenvalue weighted by Crippen LogP contribution is -2.15. The van der Waals surface area contributed by atoms with Gasteiger partial charge in [-0.3, -0.25) is 0 Å². The Bertz CT molecular complexity index is 5490. The predicted octanol–water partition coefficient (Wildman–Crippen LogP) is 20.4. The van der Waals surface area contributed by atoms with E-state index in [9.17, 15) is 11.8 Å². The third-order valence-corrected chi connectivity index (χ3v) is 18.4. The maximum Gasteiger partial charge on any atom is 0.237 e. The summed E-state index contributed by atoms with van der Waals surface area (Å²) in [5.41, 5.74) is 14.2. The smallest absolute Gasteiger partial charge is 0.237 e. The van der Waals surface area contributed by atoms with Crippen molar-refractivity contribution in [2.75, 3.05) is 0 Å². The number of benzene rings is 11. The lowest BCUT2D eigenvalue weighted by Gasteiger charge is -2.27. The molecule has 0 unspecified atom stereocenters. The number of aryl methyl sites for hydroxylation is 1. The summed E-state index contributed by atoms with van der Waals surface area (Å²) < 4.78 is 18.7. The molecule has 0 saturated heterocycles. The second kappa shape index (κ2) is 16.3. The Morgan fingerprint density at radius 2 is 0.938 bits per heavy atom. The topological polar surface area (TPSA) is 61.0 Å². The average molecular weight is 1060 g/mol. The van der Waals surface area contributed by atoms with Gasteiger partial charge in [0.15, 0.2) is 5.58 Å². The molecule has 0 aliphatic rings. The molecule has 380 valence electrons. The van der Waals surface area contributed by atoms with E-state index in [1.807, 2.05) is 12.1 Å². The van der Waals surface area contributed by atoms with E-state index in [0.717, 1.165) is 125 Å². The van der Waals surface area contributed by atoms with Crippen molar-refractivity contribution in [2.24, 2.45) is 0 Å². The molecule has 81 heavy (non-hydrogen) atoms. The van der Waals surface area contributed by atoms with E-state index < -0.39 is 0 Å². The lowest BCUT2D eigenvalue weighted by molar-refractivity contribution is 0.591. The first kappa shape index (κ1) is 45.6. The number of hydrogen-bond donors (Lipinski definition) is 0. The zero-order chi connectivity index (χ0) is 54.2. The number of nitrogens with zero attached hydrogens (tertiary/aromatic N) is 6. The van der Waals surface area contributed by atoms with Crippen molar-refractivity contribution in [3.63, 3.8) is 0 Å². The van der Waals surface area contributed by atoms with Crippen LogP contribution in [0.4, 0.5) is 5.69 Å². The van der Waals surface area contributed by atoms with E-state index in [-0.39, 0.29) is 5.41 Å². The zero-order valence-corrected chi connectivity index (χ0v) is 45.4. The number of hydrogen-bond acceptors (Lipinski definition) is 3. The lowest BCUT2D eigenvalue weighted by atomic mass is 9.86. The molecule has 0 fully saturated rings. The summed E-state index contributed by atoms with van der Waals surface area (Å²) in [6, 6.07) is 76.4. The van der Waals surface area contributed by atoms with Crippen molar-refractivity contribution in [2.45, 2.75) is 33.1 Å². The number of furan rings is 1. The van der Waals surface area contributed by atoms with Gasteiger partial charge in [0.25, 0.3) is 0 Å². The fourth-order valence-corrected chi connectivity index (χ4v) is 14.9. The molecular weight excluding hydrogens is 1010 g/mol. The van der Waals surface area contributed by atoms with E-state index in [0.29, 0.717) is 34.0 Å². The molecule has 6 heterocycles. The van der Waals surface area contributed by atoms with Crippen molar-refractivity contribution in [3.8, 4) is 28.8 Å². The van der Waals surface area contributed by atoms with Gasteiger partial charge in [-0.1, -0.05) is 166 Å². The van der Waals surface area contributed by atoms with Crippen LogP contribution in [0.25, 0.3) is 157 Å². The monoisotopic (exact) mass is 1050 g/mol. The molecule has 8 heteroatoms. The largest absolute Gasteiger partial charge is 0.454 e. The Hall–Kier alpha value is -10.4. The number of fused-ring (bicyclic) bond motifs is 20. The third kappa shape index (κ3) is 6.04. The fraction of sp³-hybridized carbons (Fsp3) is 0.0685. The highest BCUT2D eigenvalue weighted by Gasteiger charge is 2.36. The van der Waals surface area contributed by atoms with Gasteiger partial charge in [-0.05, 0) is 84.6 Å². The molecule has 0 N–H and O–H groups in total. The summed E-state index contributed by atoms with van der Waals surface area (Å²) in [4.78, 5) is 4.89. The van der Waals surface area contributed by atoms with Crippen LogP contribution in [-0.4, -0.2) is 18.3 Å². The molecule has 0 bridgehead atoms. The van der Waals surface area contributed by atoms with Gasteiger partial charge < -0.3 is 22.7 Å². The Balaban J connectivity index is 1.22. The number of rotatable bonds is 4. The van der Waals surface area contributed by atoms with Crippen molar-refractivity contribution in [3.05, 3.63) is 234 Å². The SMILES string of the molecule is [C-]#[N+]c1c(-n2c3ccccc3c3ccccc32)c(-n2c3ccc(C(C)(C)C)cc3c3ccc4c5ccccc5oc4c32)c(-n2c3ccccc3c3ccccc32)c(C#N)c1-n1c2ccc(C)cc2c2ccc3c4ccccc4sc3c21. The van der Waals surface area contributed by atoms with Crippen molar-refractivity contribution in [1.29, 1.82) is 5.26 Å². The maximum absolute atomic E-state index is 12.9. The second-order valence-electron chi connectivity index (χ2n) is 22.6. The highest BCUT2D eigenvalue weighted by molar-refractivity contribution is 7.26. The van der Waals surface area contributed by atoms with E-state index in [2.05, 4.69) is 246 Å². The van der Waals surface area contributed by atoms with Gasteiger partial charge in [0, 0.05) is 69.3 Å². The number of para-hydroxylation sites is 5. The van der Waals surface area contributed by atoms with Crippen LogP contribution in [0.3, 0.4) is 0 Å². The Morgan fingerprint density at radius 3 is 1.56 bits per heavy atom. The molecule has 0 aliphatic carbocycles. The first-order chi connectivity index (χ1) is 39.7. The summed E-state index contributed by atoms with van der Waals surface area (Å²) in [5, 5.41) is 25.5. The normalized spacial score (nSPS) is 12.4. The van der Waals surface area contributed by atoms with Crippen LogP contribution in [0.15, 0.2) is 211 Å². The van der Waals surface area contributed by atoms with Gasteiger partial charge in [0.2, 0.25) is 5.69 Å². The van der Waals surface area contributed by atoms with Gasteiger partial charge in [-0.25, -0.2) is 4.85 Å². The van der Waals surface area contributed by atoms with E-state index in [1.165, 1.54) is 15.6 Å². The maximum atomic E-state index is 12.9. The molecule has 0 spiro atoms. The number of aromatic nitrogens is 4. The molecule has 0 atom stereocenters. The van der Waals surface area contributed by atoms with Crippen molar-refractivity contribution >= 4 is 146 Å². The summed E-state index contributed by atoms with van der Waals surface area (Å²) in [6.45, 7) is 18.9. The molecule has 0 radical (unpaired) electrons. The number of nitriles is 1. The Labute approximate surface area is 468 Å². The summed E-state index contributed by atoms with van der Waals surface area (Å²) in [6.07, 6.45) is 0. The van der Waals surface area contributed by atoms with Crippen molar-refractivity contribution in [1.82, 2.24) is 18.3 Å². The average Bonchev–Trinajstić information content (AvgIpc) is 4.47. The summed E-state index contributed by atoms with van der Waals surface area (Å²) >= 11 is 1.76. The molecule has 6 aromatic heterocycles.